The van der Waals surface area contributed by atoms with Crippen molar-refractivity contribution in [3.05, 3.63) is 93.2 Å². The Morgan fingerprint density at radius 2 is 1.78 bits per heavy atom. The lowest BCUT2D eigenvalue weighted by Crippen LogP contribution is -2.23. The van der Waals surface area contributed by atoms with Gasteiger partial charge in [-0.25, -0.2) is 4.98 Å². The molecule has 5 aromatic rings. The molecule has 0 aliphatic heterocycles. The first-order valence-electron chi connectivity index (χ1n) is 11.1. The summed E-state index contributed by atoms with van der Waals surface area (Å²) < 4.78 is 7.45. The molecule has 0 aliphatic rings. The Morgan fingerprint density at radius 1 is 1.03 bits per heavy atom. The second-order valence-electron chi connectivity index (χ2n) is 7.84. The van der Waals surface area contributed by atoms with Crippen molar-refractivity contribution in [3.8, 4) is 11.3 Å². The summed E-state index contributed by atoms with van der Waals surface area (Å²) in [6, 6.07) is 22.3. The fourth-order valence-corrected chi connectivity index (χ4v) is 5.44. The molecule has 0 saturated heterocycles. The Morgan fingerprint density at radius 3 is 2.56 bits per heavy atom. The predicted octanol–water partition coefficient (Wildman–Crippen LogP) is 6.53. The van der Waals surface area contributed by atoms with Crippen LogP contribution in [-0.4, -0.2) is 28.0 Å². The zero-order valence-corrected chi connectivity index (χ0v) is 21.4. The van der Waals surface area contributed by atoms with E-state index >= 15 is 0 Å². The van der Waals surface area contributed by atoms with E-state index in [1.165, 1.54) is 11.3 Å². The fraction of sp³-hybridized carbons (Fsp3) is 0.111. The highest BCUT2D eigenvalue weighted by atomic mass is 35.5. The van der Waals surface area contributed by atoms with E-state index in [0.717, 1.165) is 10.3 Å². The molecule has 0 fully saturated rings. The van der Waals surface area contributed by atoms with Crippen molar-refractivity contribution in [1.29, 1.82) is 0 Å². The third-order valence-corrected chi connectivity index (χ3v) is 7.38. The zero-order valence-electron chi connectivity index (χ0n) is 19.1. The minimum absolute atomic E-state index is 0.160. The van der Waals surface area contributed by atoms with Crippen LogP contribution in [0.4, 0.5) is 0 Å². The molecule has 0 aliphatic carbocycles. The van der Waals surface area contributed by atoms with Crippen LogP contribution in [0.5, 0.6) is 0 Å². The van der Waals surface area contributed by atoms with E-state index < -0.39 is 11.9 Å². The minimum atomic E-state index is -0.470. The normalized spacial score (nSPS) is 11.8. The smallest absolute Gasteiger partial charge is 0.326 e. The summed E-state index contributed by atoms with van der Waals surface area (Å²) in [6.07, 6.45) is 0. The summed E-state index contributed by atoms with van der Waals surface area (Å²) >= 11 is 14.0. The van der Waals surface area contributed by atoms with Crippen LogP contribution in [0, 0.1) is 0 Å². The molecule has 0 saturated carbocycles. The maximum atomic E-state index is 13.6. The van der Waals surface area contributed by atoms with Crippen LogP contribution in [0.25, 0.3) is 32.4 Å². The topological polar surface area (TPSA) is 73.6 Å². The summed E-state index contributed by atoms with van der Waals surface area (Å²) in [5, 5.41) is 1.31. The first-order chi connectivity index (χ1) is 17.5. The Balaban J connectivity index is 1.71. The molecule has 36 heavy (non-hydrogen) atoms. The summed E-state index contributed by atoms with van der Waals surface area (Å²) in [7, 11) is 0. The number of fused-ring (bicyclic) bond motifs is 2. The molecule has 2 heterocycles. The number of rotatable bonds is 5. The standard InChI is InChI=1S/C27H19Cl2N3O3S/c1-2-35-23(33)15-32-25-22(13-12-19(28)24(25)29)36-27(32)31-26(34)18-14-21(16-8-4-3-5-9-16)30-20-11-7-6-10-17(18)20/h3-14H,2,15H2,1H3. The van der Waals surface area contributed by atoms with E-state index in [0.29, 0.717) is 37.5 Å². The number of hydrogen-bond acceptors (Lipinski definition) is 5. The molecule has 3 aromatic carbocycles. The molecule has 0 radical (unpaired) electrons. The lowest BCUT2D eigenvalue weighted by Gasteiger charge is -2.08. The molecule has 6 nitrogen and oxygen atoms in total. The van der Waals surface area contributed by atoms with Crippen molar-refractivity contribution in [3.63, 3.8) is 0 Å². The van der Waals surface area contributed by atoms with E-state index in [2.05, 4.69) is 4.99 Å². The average molecular weight is 536 g/mol. The highest BCUT2D eigenvalue weighted by Crippen LogP contribution is 2.32. The molecule has 0 unspecified atom stereocenters. The third-order valence-electron chi connectivity index (χ3n) is 5.54. The number of carbonyl (C=O) groups excluding carboxylic acids is 2. The lowest BCUT2D eigenvalue weighted by molar-refractivity contribution is -0.143. The Labute approximate surface area is 220 Å². The molecule has 0 spiro atoms. The second kappa shape index (κ2) is 10.2. The number of esters is 1. The van der Waals surface area contributed by atoms with Crippen molar-refractivity contribution in [1.82, 2.24) is 9.55 Å². The van der Waals surface area contributed by atoms with Gasteiger partial charge in [0, 0.05) is 10.9 Å². The van der Waals surface area contributed by atoms with E-state index in [9.17, 15) is 9.59 Å². The molecule has 0 bridgehead atoms. The van der Waals surface area contributed by atoms with Gasteiger partial charge >= 0.3 is 5.97 Å². The first kappa shape index (κ1) is 24.2. The molecule has 1 amide bonds. The third kappa shape index (κ3) is 4.65. The van der Waals surface area contributed by atoms with Crippen LogP contribution in [0.2, 0.25) is 10.0 Å². The molecule has 9 heteroatoms. The van der Waals surface area contributed by atoms with Crippen molar-refractivity contribution in [2.45, 2.75) is 13.5 Å². The van der Waals surface area contributed by atoms with Gasteiger partial charge in [0.15, 0.2) is 4.80 Å². The van der Waals surface area contributed by atoms with Gasteiger partial charge < -0.3 is 9.30 Å². The number of ether oxygens (including phenoxy) is 1. The zero-order chi connectivity index (χ0) is 25.2. The van der Waals surface area contributed by atoms with Crippen molar-refractivity contribution in [2.24, 2.45) is 4.99 Å². The highest BCUT2D eigenvalue weighted by molar-refractivity contribution is 7.16. The number of benzene rings is 3. The van der Waals surface area contributed by atoms with Crippen molar-refractivity contribution < 1.29 is 14.3 Å². The van der Waals surface area contributed by atoms with Crippen LogP contribution in [0.15, 0.2) is 77.8 Å². The average Bonchev–Trinajstić information content (AvgIpc) is 3.23. The number of aromatic nitrogens is 2. The van der Waals surface area contributed by atoms with E-state index in [-0.39, 0.29) is 18.2 Å². The van der Waals surface area contributed by atoms with Gasteiger partial charge in [0.2, 0.25) is 0 Å². The number of pyridine rings is 1. The largest absolute Gasteiger partial charge is 0.465 e. The number of carbonyl (C=O) groups is 2. The van der Waals surface area contributed by atoms with Crippen LogP contribution in [0.3, 0.4) is 0 Å². The first-order valence-corrected chi connectivity index (χ1v) is 12.7. The van der Waals surface area contributed by atoms with Gasteiger partial charge in [-0.2, -0.15) is 4.99 Å². The van der Waals surface area contributed by atoms with E-state index in [4.69, 9.17) is 32.9 Å². The lowest BCUT2D eigenvalue weighted by atomic mass is 10.0. The number of para-hydroxylation sites is 1. The molecular weight excluding hydrogens is 517 g/mol. The van der Waals surface area contributed by atoms with Gasteiger partial charge in [0.05, 0.1) is 43.6 Å². The highest BCUT2D eigenvalue weighted by Gasteiger charge is 2.18. The molecule has 0 atom stereocenters. The SMILES string of the molecule is CCOC(=O)Cn1c(=NC(=O)c2cc(-c3ccccc3)nc3ccccc23)sc2ccc(Cl)c(Cl)c21. The second-order valence-corrected chi connectivity index (χ2v) is 9.63. The number of thiazole rings is 1. The number of nitrogens with zero attached hydrogens (tertiary/aromatic N) is 3. The number of halogens is 2. The molecule has 180 valence electrons. The summed E-state index contributed by atoms with van der Waals surface area (Å²) in [6.45, 7) is 1.80. The van der Waals surface area contributed by atoms with Gasteiger partial charge in [-0.1, -0.05) is 83.1 Å². The van der Waals surface area contributed by atoms with Crippen LogP contribution in [0.1, 0.15) is 17.3 Å². The fourth-order valence-electron chi connectivity index (χ4n) is 3.93. The van der Waals surface area contributed by atoms with E-state index in [1.807, 2.05) is 54.6 Å². The van der Waals surface area contributed by atoms with Gasteiger partial charge in [0.25, 0.3) is 5.91 Å². The molecule has 5 rings (SSSR count). The number of amides is 1. The monoisotopic (exact) mass is 535 g/mol. The quantitative estimate of drug-likeness (QED) is 0.240. The molecular formula is C27H19Cl2N3O3S. The molecule has 0 N–H and O–H groups in total. The van der Waals surface area contributed by atoms with Gasteiger partial charge in [0.1, 0.15) is 6.54 Å². The van der Waals surface area contributed by atoms with Crippen LogP contribution in [-0.2, 0) is 16.1 Å². The minimum Gasteiger partial charge on any atom is -0.465 e. The summed E-state index contributed by atoms with van der Waals surface area (Å²) in [4.78, 5) is 35.5. The predicted molar refractivity (Wildman–Crippen MR) is 144 cm³/mol. The molecule has 2 aromatic heterocycles. The Bertz CT molecular complexity index is 1690. The number of hydrogen-bond donors (Lipinski definition) is 0. The Hall–Kier alpha value is -3.52. The van der Waals surface area contributed by atoms with Gasteiger partial charge in [-0.15, -0.1) is 0 Å². The van der Waals surface area contributed by atoms with Crippen molar-refractivity contribution in [2.75, 3.05) is 6.61 Å². The summed E-state index contributed by atoms with van der Waals surface area (Å²) in [5.41, 5.74) is 3.17. The van der Waals surface area contributed by atoms with Gasteiger partial charge in [-0.3, -0.25) is 9.59 Å². The van der Waals surface area contributed by atoms with Gasteiger partial charge in [-0.05, 0) is 31.2 Å². The van der Waals surface area contributed by atoms with Crippen LogP contribution >= 0.6 is 34.5 Å². The van der Waals surface area contributed by atoms with Crippen molar-refractivity contribution >= 4 is 67.5 Å². The van der Waals surface area contributed by atoms with E-state index in [1.54, 1.807) is 29.7 Å². The Kier molecular flexibility index (Phi) is 6.87. The maximum Gasteiger partial charge on any atom is 0.326 e. The summed E-state index contributed by atoms with van der Waals surface area (Å²) in [5.74, 6) is -0.931. The maximum absolute atomic E-state index is 13.6. The van der Waals surface area contributed by atoms with Crippen LogP contribution < -0.4 is 4.80 Å².